The van der Waals surface area contributed by atoms with Crippen LogP contribution in [0.2, 0.25) is 0 Å². The molecule has 18 heavy (non-hydrogen) atoms. The lowest BCUT2D eigenvalue weighted by molar-refractivity contribution is 0.395. The Morgan fingerprint density at radius 1 is 1.28 bits per heavy atom. The predicted molar refractivity (Wildman–Crippen MR) is 71.0 cm³/mol. The summed E-state index contributed by atoms with van der Waals surface area (Å²) in [5.41, 5.74) is 6.31. The zero-order valence-electron chi connectivity index (χ0n) is 11.0. The van der Waals surface area contributed by atoms with Crippen LogP contribution in [-0.2, 0) is 16.6 Å². The Kier molecular flexibility index (Phi) is 5.13. The Hall–Kier alpha value is -1.11. The number of nitrogens with zero attached hydrogens (tertiary/aromatic N) is 1. The fraction of sp³-hybridized carbons (Fsp3) is 0.500. The maximum atomic E-state index is 12.4. The van der Waals surface area contributed by atoms with Crippen LogP contribution in [0.5, 0.6) is 5.75 Å². The molecule has 6 heteroatoms. The number of sulfonamides is 1. The summed E-state index contributed by atoms with van der Waals surface area (Å²) >= 11 is 0. The van der Waals surface area contributed by atoms with Gasteiger partial charge in [0, 0.05) is 19.6 Å². The van der Waals surface area contributed by atoms with Gasteiger partial charge in [0.15, 0.2) is 0 Å². The summed E-state index contributed by atoms with van der Waals surface area (Å²) in [6, 6.07) is 4.98. The molecule has 0 bridgehead atoms. The van der Waals surface area contributed by atoms with Crippen LogP contribution in [0.15, 0.2) is 23.1 Å². The van der Waals surface area contributed by atoms with Crippen LogP contribution < -0.4 is 10.5 Å². The van der Waals surface area contributed by atoms with E-state index in [4.69, 9.17) is 10.5 Å². The molecule has 0 radical (unpaired) electrons. The molecule has 0 aliphatic heterocycles. The normalized spacial score (nSPS) is 11.8. The summed E-state index contributed by atoms with van der Waals surface area (Å²) in [5.74, 6) is 0.346. The standard InChI is InChI=1S/C12H20N2O3S/c1-4-14(5-2)18(15,16)12-8-10(9-13)6-7-11(12)17-3/h6-8H,4-5,9,13H2,1-3H3. The van der Waals surface area contributed by atoms with Crippen LogP contribution in [0, 0.1) is 0 Å². The third kappa shape index (κ3) is 2.82. The number of methoxy groups -OCH3 is 1. The largest absolute Gasteiger partial charge is 0.495 e. The number of hydrogen-bond donors (Lipinski definition) is 1. The summed E-state index contributed by atoms with van der Waals surface area (Å²) in [4.78, 5) is 0.177. The van der Waals surface area contributed by atoms with Gasteiger partial charge in [-0.1, -0.05) is 19.9 Å². The van der Waals surface area contributed by atoms with Gasteiger partial charge in [0.2, 0.25) is 10.0 Å². The third-order valence-corrected chi connectivity index (χ3v) is 4.86. The highest BCUT2D eigenvalue weighted by molar-refractivity contribution is 7.89. The Morgan fingerprint density at radius 3 is 2.33 bits per heavy atom. The van der Waals surface area contributed by atoms with Gasteiger partial charge in [-0.05, 0) is 17.7 Å². The number of rotatable bonds is 6. The number of ether oxygens (including phenoxy) is 1. The minimum absolute atomic E-state index is 0.177. The first kappa shape index (κ1) is 14.9. The van der Waals surface area contributed by atoms with Gasteiger partial charge in [0.25, 0.3) is 0 Å². The highest BCUT2D eigenvalue weighted by Crippen LogP contribution is 2.27. The molecule has 0 saturated heterocycles. The molecule has 0 aliphatic rings. The van der Waals surface area contributed by atoms with E-state index in [1.165, 1.54) is 11.4 Å². The van der Waals surface area contributed by atoms with E-state index in [1.807, 2.05) is 0 Å². The Labute approximate surface area is 109 Å². The first-order chi connectivity index (χ1) is 8.51. The van der Waals surface area contributed by atoms with Crippen molar-refractivity contribution in [2.45, 2.75) is 25.3 Å². The average molecular weight is 272 g/mol. The van der Waals surface area contributed by atoms with Gasteiger partial charge in [-0.2, -0.15) is 4.31 Å². The van der Waals surface area contributed by atoms with Crippen LogP contribution in [0.1, 0.15) is 19.4 Å². The highest BCUT2D eigenvalue weighted by Gasteiger charge is 2.25. The van der Waals surface area contributed by atoms with Crippen molar-refractivity contribution in [1.29, 1.82) is 0 Å². The highest BCUT2D eigenvalue weighted by atomic mass is 32.2. The summed E-state index contributed by atoms with van der Waals surface area (Å²) in [6.07, 6.45) is 0. The number of nitrogens with two attached hydrogens (primary N) is 1. The maximum Gasteiger partial charge on any atom is 0.246 e. The van der Waals surface area contributed by atoms with E-state index in [-0.39, 0.29) is 4.90 Å². The molecule has 0 atom stereocenters. The molecule has 0 heterocycles. The van der Waals surface area contributed by atoms with Gasteiger partial charge >= 0.3 is 0 Å². The Balaban J connectivity index is 3.37. The monoisotopic (exact) mass is 272 g/mol. The molecule has 0 aliphatic carbocycles. The van der Waals surface area contributed by atoms with Gasteiger partial charge in [0.1, 0.15) is 10.6 Å². The van der Waals surface area contributed by atoms with E-state index in [9.17, 15) is 8.42 Å². The average Bonchev–Trinajstić information content (AvgIpc) is 2.39. The molecule has 0 saturated carbocycles. The second-order valence-electron chi connectivity index (χ2n) is 3.78. The SMILES string of the molecule is CCN(CC)S(=O)(=O)c1cc(CN)ccc1OC. The molecule has 5 nitrogen and oxygen atoms in total. The fourth-order valence-electron chi connectivity index (χ4n) is 1.75. The van der Waals surface area contributed by atoms with Crippen molar-refractivity contribution in [1.82, 2.24) is 4.31 Å². The van der Waals surface area contributed by atoms with Crippen LogP contribution in [0.3, 0.4) is 0 Å². The van der Waals surface area contributed by atoms with Crippen molar-refractivity contribution in [3.8, 4) is 5.75 Å². The molecule has 0 aromatic heterocycles. The maximum absolute atomic E-state index is 12.4. The number of hydrogen-bond acceptors (Lipinski definition) is 4. The van der Waals surface area contributed by atoms with Crippen molar-refractivity contribution < 1.29 is 13.2 Å². The van der Waals surface area contributed by atoms with Gasteiger partial charge in [-0.15, -0.1) is 0 Å². The van der Waals surface area contributed by atoms with Crippen molar-refractivity contribution in [3.63, 3.8) is 0 Å². The molecule has 102 valence electrons. The van der Waals surface area contributed by atoms with Gasteiger partial charge in [0.05, 0.1) is 7.11 Å². The minimum atomic E-state index is -3.52. The van der Waals surface area contributed by atoms with Crippen LogP contribution in [0.25, 0.3) is 0 Å². The first-order valence-electron chi connectivity index (χ1n) is 5.88. The molecular weight excluding hydrogens is 252 g/mol. The van der Waals surface area contributed by atoms with E-state index in [2.05, 4.69) is 0 Å². The molecule has 2 N–H and O–H groups in total. The lowest BCUT2D eigenvalue weighted by atomic mass is 10.2. The fourth-order valence-corrected chi connectivity index (χ4v) is 3.42. The topological polar surface area (TPSA) is 72.6 Å². The molecule has 1 aromatic rings. The number of benzene rings is 1. The van der Waals surface area contributed by atoms with E-state index in [0.717, 1.165) is 5.56 Å². The summed E-state index contributed by atoms with van der Waals surface area (Å²) in [6.45, 7) is 4.76. The van der Waals surface area contributed by atoms with Gasteiger partial charge in [-0.3, -0.25) is 0 Å². The zero-order valence-corrected chi connectivity index (χ0v) is 11.8. The molecule has 0 unspecified atom stereocenters. The van der Waals surface area contributed by atoms with Crippen LogP contribution in [-0.4, -0.2) is 32.9 Å². The molecule has 1 aromatic carbocycles. The van der Waals surface area contributed by atoms with Crippen molar-refractivity contribution in [3.05, 3.63) is 23.8 Å². The molecule has 0 fully saturated rings. The van der Waals surface area contributed by atoms with Gasteiger partial charge < -0.3 is 10.5 Å². The van der Waals surface area contributed by atoms with Gasteiger partial charge in [-0.25, -0.2) is 8.42 Å². The third-order valence-electron chi connectivity index (χ3n) is 2.79. The second kappa shape index (κ2) is 6.17. The lowest BCUT2D eigenvalue weighted by Gasteiger charge is -2.20. The molecule has 0 spiro atoms. The summed E-state index contributed by atoms with van der Waals surface area (Å²) in [7, 11) is -2.07. The van der Waals surface area contributed by atoms with E-state index in [0.29, 0.717) is 25.4 Å². The van der Waals surface area contributed by atoms with Crippen molar-refractivity contribution >= 4 is 10.0 Å². The van der Waals surface area contributed by atoms with Crippen molar-refractivity contribution in [2.75, 3.05) is 20.2 Å². The molecule has 1 rings (SSSR count). The molecular formula is C12H20N2O3S. The predicted octanol–water partition coefficient (Wildman–Crippen LogP) is 1.18. The second-order valence-corrected chi connectivity index (χ2v) is 5.69. The quantitative estimate of drug-likeness (QED) is 0.844. The van der Waals surface area contributed by atoms with E-state index >= 15 is 0 Å². The van der Waals surface area contributed by atoms with Crippen LogP contribution >= 0.6 is 0 Å². The molecule has 0 amide bonds. The summed E-state index contributed by atoms with van der Waals surface area (Å²) in [5, 5.41) is 0. The zero-order chi connectivity index (χ0) is 13.8. The summed E-state index contributed by atoms with van der Waals surface area (Å²) < 4.78 is 31.4. The lowest BCUT2D eigenvalue weighted by Crippen LogP contribution is -2.31. The Morgan fingerprint density at radius 2 is 1.89 bits per heavy atom. The van der Waals surface area contributed by atoms with Crippen molar-refractivity contribution in [2.24, 2.45) is 5.73 Å². The smallest absolute Gasteiger partial charge is 0.246 e. The Bertz CT molecular complexity index is 496. The first-order valence-corrected chi connectivity index (χ1v) is 7.32. The van der Waals surface area contributed by atoms with E-state index in [1.54, 1.807) is 32.0 Å². The minimum Gasteiger partial charge on any atom is -0.495 e. The van der Waals surface area contributed by atoms with Crippen LogP contribution in [0.4, 0.5) is 0 Å². The van der Waals surface area contributed by atoms with E-state index < -0.39 is 10.0 Å².